The van der Waals surface area contributed by atoms with Crippen LogP contribution in [0.25, 0.3) is 0 Å². The number of aliphatic hydroxyl groups excluding tert-OH is 1. The van der Waals surface area contributed by atoms with Crippen molar-refractivity contribution in [1.29, 1.82) is 0 Å². The molecule has 2 N–H and O–H groups in total. The average molecular weight is 607 g/mol. The van der Waals surface area contributed by atoms with Gasteiger partial charge in [-0.1, -0.05) is 42.5 Å². The molecule has 2 aromatic rings. The first-order chi connectivity index (χ1) is 20.6. The Morgan fingerprint density at radius 2 is 2.05 bits per heavy atom. The second-order valence-corrected chi connectivity index (χ2v) is 13.4. The van der Waals surface area contributed by atoms with Crippen LogP contribution in [-0.2, 0) is 27.0 Å². The number of benzene rings is 2. The molecule has 2 bridgehead atoms. The van der Waals surface area contributed by atoms with Crippen molar-refractivity contribution in [2.24, 2.45) is 11.8 Å². The molecule has 0 aromatic heterocycles. The zero-order valence-corrected chi connectivity index (χ0v) is 26.0. The standard InChI is InChI=1S/C35H43ClN2O5/c1-23-19-35(41,33(40)42-3)26-10-14-32-30(18-26)38(20-25-9-12-28(25)31(39)8-4-5-16-37(23)2)21-34(22-43-32)15-6-7-24-17-27(36)11-13-29(24)34/h4,8,10-11,13-14,17-18,25,28,31,39,41H,1,5-7,9,12,15-16,19-22H2,2-3H3/b8-4+/t25-,28+,31+,34-,35-/m0/s1. The van der Waals surface area contributed by atoms with Gasteiger partial charge in [0.05, 0.1) is 25.5 Å². The van der Waals surface area contributed by atoms with E-state index in [2.05, 4.69) is 23.6 Å². The molecule has 230 valence electrons. The van der Waals surface area contributed by atoms with Gasteiger partial charge in [0.15, 0.2) is 5.60 Å². The summed E-state index contributed by atoms with van der Waals surface area (Å²) in [5.41, 5.74) is 2.31. The molecule has 1 spiro atoms. The zero-order chi connectivity index (χ0) is 30.4. The molecule has 4 aliphatic rings. The molecule has 0 saturated heterocycles. The van der Waals surface area contributed by atoms with Gasteiger partial charge in [-0.05, 0) is 91.3 Å². The lowest BCUT2D eigenvalue weighted by molar-refractivity contribution is -0.163. The minimum atomic E-state index is -1.92. The van der Waals surface area contributed by atoms with Crippen LogP contribution in [0.5, 0.6) is 5.75 Å². The monoisotopic (exact) mass is 606 g/mol. The summed E-state index contributed by atoms with van der Waals surface area (Å²) in [5, 5.41) is 23.9. The molecule has 43 heavy (non-hydrogen) atoms. The van der Waals surface area contributed by atoms with Gasteiger partial charge < -0.3 is 29.5 Å². The summed E-state index contributed by atoms with van der Waals surface area (Å²) in [6, 6.07) is 11.8. The number of carbonyl (C=O) groups is 1. The maximum absolute atomic E-state index is 13.2. The molecule has 0 radical (unpaired) electrons. The highest BCUT2D eigenvalue weighted by Crippen LogP contribution is 2.47. The number of hydrogen-bond acceptors (Lipinski definition) is 7. The van der Waals surface area contributed by atoms with E-state index < -0.39 is 17.7 Å². The Morgan fingerprint density at radius 3 is 2.81 bits per heavy atom. The molecule has 7 nitrogen and oxygen atoms in total. The van der Waals surface area contributed by atoms with Gasteiger partial charge in [-0.2, -0.15) is 0 Å². The Hall–Kier alpha value is -3.00. The smallest absolute Gasteiger partial charge is 0.342 e. The topological polar surface area (TPSA) is 82.5 Å². The maximum Gasteiger partial charge on any atom is 0.342 e. The van der Waals surface area contributed by atoms with Crippen LogP contribution in [0.3, 0.4) is 0 Å². The summed E-state index contributed by atoms with van der Waals surface area (Å²) in [6.45, 7) is 6.83. The van der Waals surface area contributed by atoms with Crippen LogP contribution in [0, 0.1) is 11.8 Å². The van der Waals surface area contributed by atoms with Crippen LogP contribution >= 0.6 is 11.6 Å². The first-order valence-electron chi connectivity index (χ1n) is 15.5. The van der Waals surface area contributed by atoms with E-state index in [1.54, 1.807) is 6.07 Å². The predicted molar refractivity (Wildman–Crippen MR) is 168 cm³/mol. The number of halogens is 1. The molecule has 1 saturated carbocycles. The number of ether oxygens (including phenoxy) is 2. The quantitative estimate of drug-likeness (QED) is 0.334. The highest BCUT2D eigenvalue weighted by molar-refractivity contribution is 6.30. The van der Waals surface area contributed by atoms with Crippen molar-refractivity contribution in [2.45, 2.75) is 62.1 Å². The number of hydrogen-bond donors (Lipinski definition) is 2. The number of aryl methyl sites for hydroxylation is 1. The van der Waals surface area contributed by atoms with E-state index in [0.29, 0.717) is 30.3 Å². The van der Waals surface area contributed by atoms with Crippen molar-refractivity contribution in [3.8, 4) is 5.75 Å². The number of anilines is 1. The molecule has 6 rings (SSSR count). The van der Waals surface area contributed by atoms with Crippen molar-refractivity contribution in [3.05, 3.63) is 82.5 Å². The van der Waals surface area contributed by atoms with Crippen LogP contribution in [-0.4, -0.2) is 67.6 Å². The van der Waals surface area contributed by atoms with Gasteiger partial charge in [0.25, 0.3) is 0 Å². The number of esters is 1. The summed E-state index contributed by atoms with van der Waals surface area (Å²) in [6.07, 6.45) is 9.21. The molecule has 1 fully saturated rings. The van der Waals surface area contributed by atoms with Gasteiger partial charge in [0, 0.05) is 49.2 Å². The Kier molecular flexibility index (Phi) is 8.26. The minimum absolute atomic E-state index is 0.00900. The fourth-order valence-corrected chi connectivity index (χ4v) is 7.82. The lowest BCUT2D eigenvalue weighted by atomic mass is 9.68. The summed E-state index contributed by atoms with van der Waals surface area (Å²) in [7, 11) is 3.20. The van der Waals surface area contributed by atoms with E-state index in [1.807, 2.05) is 42.3 Å². The normalized spacial score (nSPS) is 31.7. The van der Waals surface area contributed by atoms with Crippen molar-refractivity contribution < 1.29 is 24.5 Å². The molecule has 2 heterocycles. The van der Waals surface area contributed by atoms with Gasteiger partial charge in [-0.3, -0.25) is 0 Å². The van der Waals surface area contributed by atoms with E-state index in [9.17, 15) is 15.0 Å². The third kappa shape index (κ3) is 5.56. The number of nitrogens with zero attached hydrogens (tertiary/aromatic N) is 2. The molecule has 0 unspecified atom stereocenters. The molecule has 2 aliphatic heterocycles. The van der Waals surface area contributed by atoms with Gasteiger partial charge in [0.2, 0.25) is 0 Å². The number of methoxy groups -OCH3 is 1. The summed E-state index contributed by atoms with van der Waals surface area (Å²) in [4.78, 5) is 17.6. The molecule has 8 heteroatoms. The van der Waals surface area contributed by atoms with Gasteiger partial charge in [0.1, 0.15) is 5.75 Å². The first kappa shape index (κ1) is 30.0. The van der Waals surface area contributed by atoms with Crippen LogP contribution < -0.4 is 9.64 Å². The lowest BCUT2D eigenvalue weighted by Crippen LogP contribution is -2.49. The van der Waals surface area contributed by atoms with Gasteiger partial charge >= 0.3 is 5.97 Å². The Balaban J connectivity index is 1.46. The third-order valence-corrected chi connectivity index (χ3v) is 10.6. The molecule has 0 amide bonds. The highest BCUT2D eigenvalue weighted by atomic mass is 35.5. The van der Waals surface area contributed by atoms with Crippen molar-refractivity contribution in [3.63, 3.8) is 0 Å². The summed E-state index contributed by atoms with van der Waals surface area (Å²) in [5.74, 6) is 0.477. The Bertz CT molecular complexity index is 1430. The molecule has 2 aromatic carbocycles. The molecular formula is C35H43ClN2O5. The first-order valence-corrected chi connectivity index (χ1v) is 15.9. The van der Waals surface area contributed by atoms with Crippen LogP contribution in [0.2, 0.25) is 5.02 Å². The van der Waals surface area contributed by atoms with Crippen molar-refractivity contribution >= 4 is 23.3 Å². The zero-order valence-electron chi connectivity index (χ0n) is 25.2. The van der Waals surface area contributed by atoms with Crippen LogP contribution in [0.15, 0.2) is 60.8 Å². The maximum atomic E-state index is 13.2. The van der Waals surface area contributed by atoms with E-state index in [1.165, 1.54) is 18.2 Å². The summed E-state index contributed by atoms with van der Waals surface area (Å²) < 4.78 is 11.8. The number of fused-ring (bicyclic) bond motifs is 4. The van der Waals surface area contributed by atoms with E-state index >= 15 is 0 Å². The van der Waals surface area contributed by atoms with Crippen molar-refractivity contribution in [1.82, 2.24) is 4.90 Å². The third-order valence-electron chi connectivity index (χ3n) is 10.4. The van der Waals surface area contributed by atoms with Gasteiger partial charge in [-0.15, -0.1) is 0 Å². The largest absolute Gasteiger partial charge is 0.490 e. The second kappa shape index (κ2) is 11.8. The fourth-order valence-electron chi connectivity index (χ4n) is 7.62. The van der Waals surface area contributed by atoms with E-state index in [4.69, 9.17) is 21.1 Å². The lowest BCUT2D eigenvalue weighted by Gasteiger charge is -2.45. The van der Waals surface area contributed by atoms with E-state index in [0.717, 1.165) is 68.1 Å². The van der Waals surface area contributed by atoms with Crippen LogP contribution in [0.4, 0.5) is 5.69 Å². The van der Waals surface area contributed by atoms with E-state index in [-0.39, 0.29) is 17.8 Å². The summed E-state index contributed by atoms with van der Waals surface area (Å²) >= 11 is 6.42. The molecule has 2 aliphatic carbocycles. The molecular weight excluding hydrogens is 564 g/mol. The minimum Gasteiger partial charge on any atom is -0.490 e. The fraction of sp³-hybridized carbons (Fsp3) is 0.514. The number of aliphatic hydroxyl groups is 2. The second-order valence-electron chi connectivity index (χ2n) is 13.0. The SMILES string of the molecule is C=C1C[C@@](O)(C(=O)OC)c2ccc3c(c2)N(C[C@@H]2CC[C@H]2[C@H](O)/C=C/CCN1C)C[C@@]1(CCCc2cc(Cl)ccc21)CO3. The predicted octanol–water partition coefficient (Wildman–Crippen LogP) is 5.36. The molecule has 5 atom stereocenters. The van der Waals surface area contributed by atoms with Crippen molar-refractivity contribution in [2.75, 3.05) is 45.3 Å². The Labute approximate surface area is 259 Å². The average Bonchev–Trinajstić information content (AvgIpc) is 3.13. The Morgan fingerprint density at radius 1 is 1.21 bits per heavy atom. The highest BCUT2D eigenvalue weighted by Gasteiger charge is 2.46. The number of rotatable bonds is 1. The number of carbonyl (C=O) groups excluding carboxylic acids is 1. The van der Waals surface area contributed by atoms with Crippen LogP contribution in [0.1, 0.15) is 55.2 Å². The van der Waals surface area contributed by atoms with Gasteiger partial charge in [-0.25, -0.2) is 4.79 Å².